The number of Topliss-reactive ketones (excluding diaryl/α,β-unsaturated/α-hetero) is 1. The first kappa shape index (κ1) is 16.6. The largest absolute Gasteiger partial charge is 0.462 e. The van der Waals surface area contributed by atoms with Crippen LogP contribution in [0, 0.1) is 0 Å². The Hall–Kier alpha value is -3.27. The van der Waals surface area contributed by atoms with Crippen LogP contribution < -0.4 is 0 Å². The van der Waals surface area contributed by atoms with Crippen molar-refractivity contribution in [3.8, 4) is 0 Å². The molecule has 3 aromatic rings. The van der Waals surface area contributed by atoms with Crippen molar-refractivity contribution in [3.63, 3.8) is 0 Å². The van der Waals surface area contributed by atoms with Crippen LogP contribution in [0.1, 0.15) is 22.8 Å². The molecule has 0 aliphatic rings. The monoisotopic (exact) mass is 331 g/mol. The SMILES string of the molecule is CCOC(=O)/C(=C\c1cnc2ccccc2c1)C(=O)c1ccccc1. The standard InChI is InChI=1S/C21H17NO3/c1-2-25-21(24)18(20(23)16-8-4-3-5-9-16)13-15-12-17-10-6-7-11-19(17)22-14-15/h3-14H,2H2,1H3/b18-13-. The molecule has 25 heavy (non-hydrogen) atoms. The molecule has 0 unspecified atom stereocenters. The van der Waals surface area contributed by atoms with Crippen molar-refractivity contribution in [3.05, 3.63) is 83.6 Å². The summed E-state index contributed by atoms with van der Waals surface area (Å²) >= 11 is 0. The molecule has 1 aromatic heterocycles. The van der Waals surface area contributed by atoms with Crippen LogP contribution in [0.4, 0.5) is 0 Å². The van der Waals surface area contributed by atoms with Gasteiger partial charge in [0.2, 0.25) is 0 Å². The van der Waals surface area contributed by atoms with Gasteiger partial charge in [0, 0.05) is 17.1 Å². The molecule has 4 heteroatoms. The summed E-state index contributed by atoms with van der Waals surface area (Å²) in [6.07, 6.45) is 3.17. The third-order valence-electron chi connectivity index (χ3n) is 3.70. The van der Waals surface area contributed by atoms with E-state index in [9.17, 15) is 9.59 Å². The minimum absolute atomic E-state index is 0.00914. The van der Waals surface area contributed by atoms with E-state index in [0.29, 0.717) is 11.1 Å². The van der Waals surface area contributed by atoms with Crippen molar-refractivity contribution in [1.29, 1.82) is 0 Å². The van der Waals surface area contributed by atoms with Crippen LogP contribution in [0.25, 0.3) is 17.0 Å². The molecule has 0 fully saturated rings. The number of para-hydroxylation sites is 1. The third-order valence-corrected chi connectivity index (χ3v) is 3.70. The summed E-state index contributed by atoms with van der Waals surface area (Å²) in [4.78, 5) is 29.4. The van der Waals surface area contributed by atoms with Crippen LogP contribution in [-0.4, -0.2) is 23.3 Å². The first-order chi connectivity index (χ1) is 12.2. The minimum Gasteiger partial charge on any atom is -0.462 e. The zero-order chi connectivity index (χ0) is 17.6. The molecule has 0 saturated carbocycles. The topological polar surface area (TPSA) is 56.3 Å². The fourth-order valence-corrected chi connectivity index (χ4v) is 2.50. The molecule has 0 atom stereocenters. The second-order valence-corrected chi connectivity index (χ2v) is 5.43. The highest BCUT2D eigenvalue weighted by molar-refractivity contribution is 6.26. The van der Waals surface area contributed by atoms with E-state index in [-0.39, 0.29) is 18.0 Å². The van der Waals surface area contributed by atoms with Crippen molar-refractivity contribution < 1.29 is 14.3 Å². The van der Waals surface area contributed by atoms with E-state index in [1.807, 2.05) is 36.4 Å². The molecule has 0 aliphatic heterocycles. The molecule has 0 amide bonds. The minimum atomic E-state index is -0.635. The molecule has 0 spiro atoms. The second-order valence-electron chi connectivity index (χ2n) is 5.43. The van der Waals surface area contributed by atoms with Crippen molar-refractivity contribution in [2.75, 3.05) is 6.61 Å². The number of nitrogens with zero attached hydrogens (tertiary/aromatic N) is 1. The van der Waals surface area contributed by atoms with Crippen LogP contribution in [0.15, 0.2) is 72.4 Å². The van der Waals surface area contributed by atoms with Gasteiger partial charge in [-0.05, 0) is 30.7 Å². The molecule has 0 bridgehead atoms. The lowest BCUT2D eigenvalue weighted by molar-refractivity contribution is -0.137. The number of fused-ring (bicyclic) bond motifs is 1. The summed E-state index contributed by atoms with van der Waals surface area (Å²) in [5.41, 5.74) is 1.96. The predicted molar refractivity (Wildman–Crippen MR) is 97.1 cm³/mol. The number of esters is 1. The van der Waals surface area contributed by atoms with Gasteiger partial charge in [0.05, 0.1) is 12.1 Å². The number of pyridine rings is 1. The van der Waals surface area contributed by atoms with E-state index in [1.165, 1.54) is 6.08 Å². The number of hydrogen-bond donors (Lipinski definition) is 0. The lowest BCUT2D eigenvalue weighted by Crippen LogP contribution is -2.16. The number of rotatable bonds is 5. The number of ether oxygens (including phenoxy) is 1. The summed E-state index contributed by atoms with van der Waals surface area (Å²) in [5.74, 6) is -1.00. The first-order valence-corrected chi connectivity index (χ1v) is 8.02. The van der Waals surface area contributed by atoms with Gasteiger partial charge in [-0.3, -0.25) is 9.78 Å². The highest BCUT2D eigenvalue weighted by atomic mass is 16.5. The van der Waals surface area contributed by atoms with E-state index in [1.54, 1.807) is 37.4 Å². The number of hydrogen-bond acceptors (Lipinski definition) is 4. The predicted octanol–water partition coefficient (Wildman–Crippen LogP) is 4.06. The Bertz CT molecular complexity index is 946. The number of aromatic nitrogens is 1. The van der Waals surface area contributed by atoms with Gasteiger partial charge < -0.3 is 4.74 Å². The Morgan fingerprint density at radius 2 is 1.76 bits per heavy atom. The molecule has 0 radical (unpaired) electrons. The van der Waals surface area contributed by atoms with Gasteiger partial charge in [0.15, 0.2) is 5.78 Å². The van der Waals surface area contributed by atoms with Crippen molar-refractivity contribution >= 4 is 28.7 Å². The summed E-state index contributed by atoms with van der Waals surface area (Å²) in [7, 11) is 0. The molecule has 1 heterocycles. The summed E-state index contributed by atoms with van der Waals surface area (Å²) in [5, 5.41) is 0.937. The van der Waals surface area contributed by atoms with Crippen molar-refractivity contribution in [2.45, 2.75) is 6.92 Å². The summed E-state index contributed by atoms with van der Waals surface area (Å²) in [6, 6.07) is 18.2. The van der Waals surface area contributed by atoms with Crippen molar-refractivity contribution in [2.24, 2.45) is 0 Å². The molecule has 2 aromatic carbocycles. The van der Waals surface area contributed by atoms with Gasteiger partial charge in [-0.15, -0.1) is 0 Å². The highest BCUT2D eigenvalue weighted by Gasteiger charge is 2.21. The Labute approximate surface area is 145 Å². The molecule has 124 valence electrons. The lowest BCUT2D eigenvalue weighted by atomic mass is 10.0. The molecule has 0 N–H and O–H groups in total. The quantitative estimate of drug-likeness (QED) is 0.232. The average Bonchev–Trinajstić information content (AvgIpc) is 2.66. The smallest absolute Gasteiger partial charge is 0.342 e. The molecular weight excluding hydrogens is 314 g/mol. The van der Waals surface area contributed by atoms with E-state index in [2.05, 4.69) is 4.98 Å². The summed E-state index contributed by atoms with van der Waals surface area (Å²) < 4.78 is 5.06. The fraction of sp³-hybridized carbons (Fsp3) is 0.0952. The average molecular weight is 331 g/mol. The lowest BCUT2D eigenvalue weighted by Gasteiger charge is -2.07. The van der Waals surface area contributed by atoms with Gasteiger partial charge in [0.1, 0.15) is 5.57 Å². The van der Waals surface area contributed by atoms with E-state index in [0.717, 1.165) is 10.9 Å². The Morgan fingerprint density at radius 3 is 2.52 bits per heavy atom. The number of carbonyl (C=O) groups is 2. The summed E-state index contributed by atoms with van der Waals surface area (Å²) in [6.45, 7) is 1.91. The van der Waals surface area contributed by atoms with Gasteiger partial charge in [-0.2, -0.15) is 0 Å². The zero-order valence-electron chi connectivity index (χ0n) is 13.8. The van der Waals surface area contributed by atoms with Gasteiger partial charge in [0.25, 0.3) is 0 Å². The van der Waals surface area contributed by atoms with Gasteiger partial charge in [-0.1, -0.05) is 48.5 Å². The normalized spacial score (nSPS) is 11.3. The van der Waals surface area contributed by atoms with Crippen LogP contribution in [0.3, 0.4) is 0 Å². The van der Waals surface area contributed by atoms with Gasteiger partial charge >= 0.3 is 5.97 Å². The third kappa shape index (κ3) is 3.80. The maximum atomic E-state index is 12.7. The van der Waals surface area contributed by atoms with Crippen LogP contribution in [-0.2, 0) is 9.53 Å². The molecule has 4 nitrogen and oxygen atoms in total. The molecule has 3 rings (SSSR count). The van der Waals surface area contributed by atoms with E-state index >= 15 is 0 Å². The van der Waals surface area contributed by atoms with Gasteiger partial charge in [-0.25, -0.2) is 4.79 Å². The molecule has 0 saturated heterocycles. The van der Waals surface area contributed by atoms with Crippen LogP contribution >= 0.6 is 0 Å². The molecule has 0 aliphatic carbocycles. The maximum absolute atomic E-state index is 12.7. The highest BCUT2D eigenvalue weighted by Crippen LogP contribution is 2.18. The van der Waals surface area contributed by atoms with Crippen molar-refractivity contribution in [1.82, 2.24) is 4.98 Å². The van der Waals surface area contributed by atoms with Crippen LogP contribution in [0.5, 0.6) is 0 Å². The second kappa shape index (κ2) is 7.53. The number of carbonyl (C=O) groups excluding carboxylic acids is 2. The number of benzene rings is 2. The fourth-order valence-electron chi connectivity index (χ4n) is 2.50. The zero-order valence-corrected chi connectivity index (χ0v) is 13.8. The van der Waals surface area contributed by atoms with Crippen LogP contribution in [0.2, 0.25) is 0 Å². The maximum Gasteiger partial charge on any atom is 0.342 e. The molecular formula is C21H17NO3. The van der Waals surface area contributed by atoms with E-state index < -0.39 is 5.97 Å². The Balaban J connectivity index is 2.04. The Kier molecular flexibility index (Phi) is 5.00. The number of ketones is 1. The Morgan fingerprint density at radius 1 is 1.04 bits per heavy atom. The first-order valence-electron chi connectivity index (χ1n) is 8.02. The van der Waals surface area contributed by atoms with E-state index in [4.69, 9.17) is 4.74 Å².